The zero-order valence-electron chi connectivity index (χ0n) is 11.3. The standard InChI is InChI=1S/C14H22N4O/c15-6-3-14(19)17-7-4-11(5-8-17)18-12-1-2-13(18)10-16-9-12/h11-13,16H,1-5,7-10H2. The summed E-state index contributed by atoms with van der Waals surface area (Å²) in [5, 5.41) is 12.1. The van der Waals surface area contributed by atoms with Crippen LogP contribution in [0.2, 0.25) is 0 Å². The largest absolute Gasteiger partial charge is 0.342 e. The van der Waals surface area contributed by atoms with Gasteiger partial charge in [0.2, 0.25) is 5.91 Å². The van der Waals surface area contributed by atoms with Crippen LogP contribution in [0.3, 0.4) is 0 Å². The van der Waals surface area contributed by atoms with Crippen molar-refractivity contribution in [1.82, 2.24) is 15.1 Å². The maximum atomic E-state index is 11.7. The predicted octanol–water partition coefficient (Wildman–Crippen LogP) is 0.327. The lowest BCUT2D eigenvalue weighted by Gasteiger charge is -2.44. The predicted molar refractivity (Wildman–Crippen MR) is 71.4 cm³/mol. The number of nitrogens with zero attached hydrogens (tertiary/aromatic N) is 3. The van der Waals surface area contributed by atoms with E-state index < -0.39 is 0 Å². The molecule has 0 aromatic carbocycles. The Morgan fingerprint density at radius 1 is 1.11 bits per heavy atom. The second kappa shape index (κ2) is 5.48. The van der Waals surface area contributed by atoms with E-state index in [0.29, 0.717) is 18.1 Å². The molecular weight excluding hydrogens is 240 g/mol. The second-order valence-electron chi connectivity index (χ2n) is 5.94. The number of piperidine rings is 1. The maximum Gasteiger partial charge on any atom is 0.236 e. The summed E-state index contributed by atoms with van der Waals surface area (Å²) >= 11 is 0. The van der Waals surface area contributed by atoms with E-state index >= 15 is 0 Å². The molecule has 0 aromatic heterocycles. The van der Waals surface area contributed by atoms with Crippen molar-refractivity contribution in [3.63, 3.8) is 0 Å². The van der Waals surface area contributed by atoms with E-state index in [1.54, 1.807) is 0 Å². The third-order valence-electron chi connectivity index (χ3n) is 4.91. The molecule has 0 spiro atoms. The minimum absolute atomic E-state index is 0.00392. The quantitative estimate of drug-likeness (QED) is 0.779. The molecule has 0 saturated carbocycles. The maximum absolute atomic E-state index is 11.7. The summed E-state index contributed by atoms with van der Waals surface area (Å²) < 4.78 is 0. The zero-order chi connectivity index (χ0) is 13.2. The molecule has 104 valence electrons. The normalized spacial score (nSPS) is 32.3. The number of piperazine rings is 1. The van der Waals surface area contributed by atoms with Crippen LogP contribution in [0.15, 0.2) is 0 Å². The lowest BCUT2D eigenvalue weighted by Crippen LogP contribution is -2.58. The molecule has 2 bridgehead atoms. The number of fused-ring (bicyclic) bond motifs is 2. The molecular formula is C14H22N4O. The molecule has 5 nitrogen and oxygen atoms in total. The molecule has 3 aliphatic rings. The third-order valence-corrected chi connectivity index (χ3v) is 4.91. The van der Waals surface area contributed by atoms with Gasteiger partial charge in [-0.1, -0.05) is 0 Å². The highest BCUT2D eigenvalue weighted by Crippen LogP contribution is 2.32. The van der Waals surface area contributed by atoms with Crippen LogP contribution in [0, 0.1) is 11.3 Å². The molecule has 3 rings (SSSR count). The van der Waals surface area contributed by atoms with Gasteiger partial charge in [-0.15, -0.1) is 0 Å². The monoisotopic (exact) mass is 262 g/mol. The molecule has 3 fully saturated rings. The van der Waals surface area contributed by atoms with Crippen molar-refractivity contribution in [3.05, 3.63) is 0 Å². The fourth-order valence-electron chi connectivity index (χ4n) is 4.00. The van der Waals surface area contributed by atoms with Gasteiger partial charge in [-0.05, 0) is 25.7 Å². The van der Waals surface area contributed by atoms with Crippen LogP contribution in [-0.2, 0) is 4.79 Å². The summed E-state index contributed by atoms with van der Waals surface area (Å²) in [4.78, 5) is 16.3. The summed E-state index contributed by atoms with van der Waals surface area (Å²) in [6.07, 6.45) is 4.83. The molecule has 3 saturated heterocycles. The van der Waals surface area contributed by atoms with Crippen LogP contribution in [0.4, 0.5) is 0 Å². The molecule has 19 heavy (non-hydrogen) atoms. The van der Waals surface area contributed by atoms with Crippen LogP contribution in [-0.4, -0.2) is 60.0 Å². The van der Waals surface area contributed by atoms with Crippen molar-refractivity contribution in [1.29, 1.82) is 5.26 Å². The van der Waals surface area contributed by atoms with Crippen LogP contribution < -0.4 is 5.32 Å². The Balaban J connectivity index is 1.56. The summed E-state index contributed by atoms with van der Waals surface area (Å²) in [5.41, 5.74) is 0. The number of nitriles is 1. The Morgan fingerprint density at radius 3 is 2.32 bits per heavy atom. The summed E-state index contributed by atoms with van der Waals surface area (Å²) in [7, 11) is 0. The summed E-state index contributed by atoms with van der Waals surface area (Å²) in [6, 6.07) is 4.02. The van der Waals surface area contributed by atoms with Crippen LogP contribution in [0.1, 0.15) is 32.1 Å². The van der Waals surface area contributed by atoms with Gasteiger partial charge in [0.25, 0.3) is 0 Å². The fraction of sp³-hybridized carbons (Fsp3) is 0.857. The highest BCUT2D eigenvalue weighted by Gasteiger charge is 2.41. The molecule has 0 aliphatic carbocycles. The third kappa shape index (κ3) is 2.47. The van der Waals surface area contributed by atoms with E-state index in [0.717, 1.165) is 39.0 Å². The Labute approximate surface area is 114 Å². The van der Waals surface area contributed by atoms with E-state index in [1.807, 2.05) is 11.0 Å². The van der Waals surface area contributed by atoms with Crippen molar-refractivity contribution in [2.45, 2.75) is 50.2 Å². The van der Waals surface area contributed by atoms with Crippen molar-refractivity contribution < 1.29 is 4.79 Å². The topological polar surface area (TPSA) is 59.4 Å². The molecule has 2 unspecified atom stereocenters. The van der Waals surface area contributed by atoms with Gasteiger partial charge in [0.05, 0.1) is 6.07 Å². The number of hydrogen-bond donors (Lipinski definition) is 1. The first kappa shape index (κ1) is 12.9. The molecule has 1 N–H and O–H groups in total. The van der Waals surface area contributed by atoms with Gasteiger partial charge in [-0.25, -0.2) is 0 Å². The molecule has 3 heterocycles. The van der Waals surface area contributed by atoms with Gasteiger partial charge in [0, 0.05) is 44.3 Å². The van der Waals surface area contributed by atoms with Gasteiger partial charge in [-0.2, -0.15) is 5.26 Å². The van der Waals surface area contributed by atoms with Crippen LogP contribution in [0.5, 0.6) is 0 Å². The van der Waals surface area contributed by atoms with Crippen LogP contribution in [0.25, 0.3) is 0 Å². The number of carbonyl (C=O) groups is 1. The van der Waals surface area contributed by atoms with E-state index in [-0.39, 0.29) is 12.3 Å². The molecule has 1 amide bonds. The summed E-state index contributed by atoms with van der Waals surface area (Å²) in [5.74, 6) is 0.00392. The van der Waals surface area contributed by atoms with Crippen molar-refractivity contribution >= 4 is 5.91 Å². The van der Waals surface area contributed by atoms with E-state index in [1.165, 1.54) is 12.8 Å². The molecule has 2 atom stereocenters. The van der Waals surface area contributed by atoms with Gasteiger partial charge >= 0.3 is 0 Å². The Morgan fingerprint density at radius 2 is 1.74 bits per heavy atom. The number of hydrogen-bond acceptors (Lipinski definition) is 4. The van der Waals surface area contributed by atoms with E-state index in [4.69, 9.17) is 5.26 Å². The zero-order valence-corrected chi connectivity index (χ0v) is 11.3. The first-order valence-electron chi connectivity index (χ1n) is 7.42. The van der Waals surface area contributed by atoms with Crippen molar-refractivity contribution in [2.75, 3.05) is 26.2 Å². The smallest absolute Gasteiger partial charge is 0.236 e. The minimum atomic E-state index is 0.00392. The number of carbonyl (C=O) groups excluding carboxylic acids is 1. The van der Waals surface area contributed by atoms with Crippen molar-refractivity contribution in [3.8, 4) is 6.07 Å². The minimum Gasteiger partial charge on any atom is -0.342 e. The average molecular weight is 262 g/mol. The first-order valence-corrected chi connectivity index (χ1v) is 7.42. The highest BCUT2D eigenvalue weighted by molar-refractivity contribution is 5.78. The molecule has 3 aliphatic heterocycles. The first-order chi connectivity index (χ1) is 9.29. The number of nitrogens with one attached hydrogen (secondary N) is 1. The Kier molecular flexibility index (Phi) is 3.72. The fourth-order valence-corrected chi connectivity index (χ4v) is 4.00. The van der Waals surface area contributed by atoms with Gasteiger partial charge in [0.15, 0.2) is 0 Å². The number of rotatable bonds is 2. The SMILES string of the molecule is N#CCC(=O)N1CCC(N2C3CCC2CNC3)CC1. The van der Waals surface area contributed by atoms with Gasteiger partial charge in [0.1, 0.15) is 6.42 Å². The molecule has 5 heteroatoms. The lowest BCUT2D eigenvalue weighted by atomic mass is 9.99. The van der Waals surface area contributed by atoms with E-state index in [9.17, 15) is 4.79 Å². The molecule has 0 aromatic rings. The van der Waals surface area contributed by atoms with Crippen molar-refractivity contribution in [2.24, 2.45) is 0 Å². The van der Waals surface area contributed by atoms with Crippen LogP contribution >= 0.6 is 0 Å². The van der Waals surface area contributed by atoms with Gasteiger partial charge < -0.3 is 10.2 Å². The lowest BCUT2D eigenvalue weighted by molar-refractivity contribution is -0.131. The second-order valence-corrected chi connectivity index (χ2v) is 5.94. The Hall–Kier alpha value is -1.12. The average Bonchev–Trinajstić information content (AvgIpc) is 2.68. The number of amides is 1. The molecule has 0 radical (unpaired) electrons. The Bertz CT molecular complexity index is 367. The highest BCUT2D eigenvalue weighted by atomic mass is 16.2. The van der Waals surface area contributed by atoms with E-state index in [2.05, 4.69) is 10.2 Å². The van der Waals surface area contributed by atoms with Gasteiger partial charge in [-0.3, -0.25) is 9.69 Å². The number of likely N-dealkylation sites (tertiary alicyclic amines) is 1. The summed E-state index contributed by atoms with van der Waals surface area (Å²) in [6.45, 7) is 3.91.